The third kappa shape index (κ3) is 3.14. The van der Waals surface area contributed by atoms with Gasteiger partial charge in [0.1, 0.15) is 0 Å². The number of hydrogen-bond donors (Lipinski definition) is 1. The lowest BCUT2D eigenvalue weighted by atomic mass is 10.00. The van der Waals surface area contributed by atoms with Gasteiger partial charge in [0.2, 0.25) is 0 Å². The molecule has 3 nitrogen and oxygen atoms in total. The number of nitrogens with zero attached hydrogens (tertiary/aromatic N) is 1. The molecule has 0 radical (unpaired) electrons. The van der Waals surface area contributed by atoms with Crippen molar-refractivity contribution in [1.82, 2.24) is 0 Å². The van der Waals surface area contributed by atoms with Crippen LogP contribution < -0.4 is 4.90 Å². The largest absolute Gasteiger partial charge is 0.478 e. The van der Waals surface area contributed by atoms with Gasteiger partial charge >= 0.3 is 12.1 Å². The lowest BCUT2D eigenvalue weighted by Gasteiger charge is -2.32. The molecule has 0 aliphatic carbocycles. The Balaban J connectivity index is 2.50. The quantitative estimate of drug-likeness (QED) is 0.916. The van der Waals surface area contributed by atoms with Crippen LogP contribution in [0.4, 0.5) is 18.9 Å². The molecule has 0 saturated carbocycles. The Bertz CT molecular complexity index is 540. The molecule has 1 aromatic rings. The van der Waals surface area contributed by atoms with E-state index in [-0.39, 0.29) is 23.2 Å². The highest BCUT2D eigenvalue weighted by atomic mass is 19.4. The summed E-state index contributed by atoms with van der Waals surface area (Å²) in [5.41, 5.74) is -1.12. The monoisotopic (exact) mass is 301 g/mol. The average molecular weight is 301 g/mol. The Morgan fingerprint density at radius 1 is 1.38 bits per heavy atom. The number of benzene rings is 1. The van der Waals surface area contributed by atoms with E-state index in [1.807, 2.05) is 13.8 Å². The van der Waals surface area contributed by atoms with Crippen molar-refractivity contribution in [3.05, 3.63) is 29.3 Å². The number of aromatic carboxylic acids is 1. The average Bonchev–Trinajstić information content (AvgIpc) is 2.86. The normalized spacial score (nSPS) is 19.3. The second kappa shape index (κ2) is 5.58. The summed E-state index contributed by atoms with van der Waals surface area (Å²) in [7, 11) is 0. The maximum Gasteiger partial charge on any atom is 0.418 e. The molecule has 6 heteroatoms. The van der Waals surface area contributed by atoms with Crippen molar-refractivity contribution >= 4 is 11.7 Å². The number of anilines is 1. The lowest BCUT2D eigenvalue weighted by Crippen LogP contribution is -2.34. The van der Waals surface area contributed by atoms with E-state index in [9.17, 15) is 18.0 Å². The standard InChI is InChI=1S/C15H18F3NO2/c1-9(2)12-4-3-7-19(12)13-6-5-10(14(20)21)8-11(13)15(16,17)18/h5-6,8-9,12H,3-4,7H2,1-2H3,(H,20,21). The fraction of sp³-hybridized carbons (Fsp3) is 0.533. The van der Waals surface area contributed by atoms with Gasteiger partial charge in [0, 0.05) is 18.3 Å². The smallest absolute Gasteiger partial charge is 0.418 e. The van der Waals surface area contributed by atoms with Crippen LogP contribution in [0.1, 0.15) is 42.6 Å². The minimum absolute atomic E-state index is 0.0572. The number of halogens is 3. The van der Waals surface area contributed by atoms with Crippen LogP contribution in [0.3, 0.4) is 0 Å². The number of hydrogen-bond acceptors (Lipinski definition) is 2. The number of carbonyl (C=O) groups is 1. The fourth-order valence-corrected chi connectivity index (χ4v) is 2.93. The Hall–Kier alpha value is -1.72. The van der Waals surface area contributed by atoms with Crippen LogP contribution in [0, 0.1) is 5.92 Å². The number of carboxylic acids is 1. The second-order valence-electron chi connectivity index (χ2n) is 5.68. The Morgan fingerprint density at radius 3 is 2.57 bits per heavy atom. The van der Waals surface area contributed by atoms with Gasteiger partial charge in [0.05, 0.1) is 11.1 Å². The van der Waals surface area contributed by atoms with E-state index in [2.05, 4.69) is 0 Å². The second-order valence-corrected chi connectivity index (χ2v) is 5.68. The molecule has 1 aliphatic heterocycles. The summed E-state index contributed by atoms with van der Waals surface area (Å²) in [6, 6.07) is 3.31. The zero-order valence-corrected chi connectivity index (χ0v) is 11.9. The highest BCUT2D eigenvalue weighted by Crippen LogP contribution is 2.40. The van der Waals surface area contributed by atoms with Gasteiger partial charge < -0.3 is 10.0 Å². The molecular weight excluding hydrogens is 283 g/mol. The molecular formula is C15H18F3NO2. The van der Waals surface area contributed by atoms with Gasteiger partial charge in [-0.15, -0.1) is 0 Å². The maximum atomic E-state index is 13.3. The van der Waals surface area contributed by atoms with E-state index < -0.39 is 17.7 Å². The molecule has 1 saturated heterocycles. The lowest BCUT2D eigenvalue weighted by molar-refractivity contribution is -0.137. The molecule has 1 aliphatic rings. The molecule has 21 heavy (non-hydrogen) atoms. The predicted molar refractivity (Wildman–Crippen MR) is 73.6 cm³/mol. The molecule has 1 N–H and O–H groups in total. The molecule has 0 amide bonds. The van der Waals surface area contributed by atoms with Crippen molar-refractivity contribution in [3.8, 4) is 0 Å². The third-order valence-corrected chi connectivity index (χ3v) is 3.93. The molecule has 1 aromatic carbocycles. The van der Waals surface area contributed by atoms with E-state index >= 15 is 0 Å². The van der Waals surface area contributed by atoms with E-state index in [0.29, 0.717) is 6.54 Å². The highest BCUT2D eigenvalue weighted by molar-refractivity contribution is 5.88. The van der Waals surface area contributed by atoms with E-state index in [0.717, 1.165) is 18.9 Å². The van der Waals surface area contributed by atoms with E-state index in [4.69, 9.17) is 5.11 Å². The van der Waals surface area contributed by atoms with Crippen LogP contribution in [0.2, 0.25) is 0 Å². The minimum Gasteiger partial charge on any atom is -0.478 e. The third-order valence-electron chi connectivity index (χ3n) is 3.93. The van der Waals surface area contributed by atoms with Gasteiger partial charge in [-0.25, -0.2) is 4.79 Å². The number of rotatable bonds is 3. The Labute approximate surface area is 121 Å². The first kappa shape index (κ1) is 15.7. The summed E-state index contributed by atoms with van der Waals surface area (Å²) in [6.45, 7) is 4.54. The van der Waals surface area contributed by atoms with Gasteiger partial charge in [-0.2, -0.15) is 13.2 Å². The molecule has 0 spiro atoms. The van der Waals surface area contributed by atoms with Gasteiger partial charge in [0.15, 0.2) is 0 Å². The van der Waals surface area contributed by atoms with Crippen LogP contribution in [0.15, 0.2) is 18.2 Å². The molecule has 2 rings (SSSR count). The molecule has 0 aromatic heterocycles. The highest BCUT2D eigenvalue weighted by Gasteiger charge is 2.38. The van der Waals surface area contributed by atoms with Gasteiger partial charge in [-0.3, -0.25) is 0 Å². The summed E-state index contributed by atoms with van der Waals surface area (Å²) < 4.78 is 39.8. The van der Waals surface area contributed by atoms with E-state index in [1.165, 1.54) is 12.1 Å². The van der Waals surface area contributed by atoms with Crippen LogP contribution in [0.25, 0.3) is 0 Å². The summed E-state index contributed by atoms with van der Waals surface area (Å²) >= 11 is 0. The summed E-state index contributed by atoms with van der Waals surface area (Å²) in [6.07, 6.45) is -2.86. The molecule has 116 valence electrons. The van der Waals surface area contributed by atoms with Crippen LogP contribution >= 0.6 is 0 Å². The van der Waals surface area contributed by atoms with E-state index in [1.54, 1.807) is 4.90 Å². The first-order valence-corrected chi connectivity index (χ1v) is 6.93. The van der Waals surface area contributed by atoms with Gasteiger partial charge in [-0.1, -0.05) is 13.8 Å². The maximum absolute atomic E-state index is 13.3. The topological polar surface area (TPSA) is 40.5 Å². The fourth-order valence-electron chi connectivity index (χ4n) is 2.93. The van der Waals surface area contributed by atoms with Crippen molar-refractivity contribution in [2.75, 3.05) is 11.4 Å². The molecule has 1 atom stereocenters. The zero-order chi connectivity index (χ0) is 15.8. The van der Waals surface area contributed by atoms with Crippen molar-refractivity contribution in [3.63, 3.8) is 0 Å². The van der Waals surface area contributed by atoms with Crippen LogP contribution in [0.5, 0.6) is 0 Å². The molecule has 1 unspecified atom stereocenters. The zero-order valence-electron chi connectivity index (χ0n) is 11.9. The van der Waals surface area contributed by atoms with Crippen molar-refractivity contribution in [1.29, 1.82) is 0 Å². The van der Waals surface area contributed by atoms with Crippen molar-refractivity contribution in [2.24, 2.45) is 5.92 Å². The first-order valence-electron chi connectivity index (χ1n) is 6.93. The summed E-state index contributed by atoms with van der Waals surface area (Å²) in [4.78, 5) is 12.7. The van der Waals surface area contributed by atoms with Crippen molar-refractivity contribution in [2.45, 2.75) is 38.9 Å². The SMILES string of the molecule is CC(C)C1CCCN1c1ccc(C(=O)O)cc1C(F)(F)F. The van der Waals surface area contributed by atoms with Crippen LogP contribution in [-0.4, -0.2) is 23.7 Å². The molecule has 0 bridgehead atoms. The van der Waals surface area contributed by atoms with Crippen LogP contribution in [-0.2, 0) is 6.18 Å². The van der Waals surface area contributed by atoms with Gasteiger partial charge in [-0.05, 0) is 37.0 Å². The summed E-state index contributed by atoms with van der Waals surface area (Å²) in [5, 5.41) is 8.89. The Kier molecular flexibility index (Phi) is 4.16. The van der Waals surface area contributed by atoms with Gasteiger partial charge in [0.25, 0.3) is 0 Å². The predicted octanol–water partition coefficient (Wildman–Crippen LogP) is 4.03. The number of alkyl halides is 3. The minimum atomic E-state index is -4.56. The summed E-state index contributed by atoms with van der Waals surface area (Å²) in [5.74, 6) is -1.11. The van der Waals surface area contributed by atoms with Crippen molar-refractivity contribution < 1.29 is 23.1 Å². The number of carboxylic acid groups (broad SMARTS) is 1. The molecule has 1 fully saturated rings. The molecule has 1 heterocycles. The first-order chi connectivity index (χ1) is 9.71. The Morgan fingerprint density at radius 2 is 2.05 bits per heavy atom.